The molecule has 118 valence electrons. The second-order valence-corrected chi connectivity index (χ2v) is 6.12. The molecule has 1 aromatic rings. The second-order valence-electron chi connectivity index (χ2n) is 6.12. The van der Waals surface area contributed by atoms with Gasteiger partial charge >= 0.3 is 0 Å². The molecule has 2 rings (SSSR count). The smallest absolute Gasteiger partial charge is 0.212 e. The van der Waals surface area contributed by atoms with Gasteiger partial charge in [-0.15, -0.1) is 0 Å². The van der Waals surface area contributed by atoms with Crippen molar-refractivity contribution < 1.29 is 14.6 Å². The number of aliphatic hydroxyl groups is 1. The van der Waals surface area contributed by atoms with Crippen molar-refractivity contribution in [2.45, 2.75) is 31.1 Å². The van der Waals surface area contributed by atoms with Gasteiger partial charge in [-0.05, 0) is 39.1 Å². The van der Waals surface area contributed by atoms with Gasteiger partial charge in [0, 0.05) is 31.0 Å². The predicted octanol–water partition coefficient (Wildman–Crippen LogP) is 1.45. The van der Waals surface area contributed by atoms with E-state index < -0.39 is 5.79 Å². The van der Waals surface area contributed by atoms with Crippen molar-refractivity contribution in [2.24, 2.45) is 11.7 Å². The lowest BCUT2D eigenvalue weighted by Gasteiger charge is -2.42. The topological polar surface area (TPSA) is 67.9 Å². The van der Waals surface area contributed by atoms with Crippen LogP contribution in [-0.4, -0.2) is 49.6 Å². The Kier molecular flexibility index (Phi) is 5.08. The Balaban J connectivity index is 2.16. The number of ether oxygens (including phenoxy) is 2. The zero-order valence-electron chi connectivity index (χ0n) is 13.1. The lowest BCUT2D eigenvalue weighted by atomic mass is 9.80. The predicted molar refractivity (Wildman–Crippen MR) is 82.4 cm³/mol. The first kappa shape index (κ1) is 16.1. The Morgan fingerprint density at radius 1 is 1.38 bits per heavy atom. The van der Waals surface area contributed by atoms with E-state index in [1.807, 2.05) is 32.3 Å². The molecule has 1 aliphatic rings. The number of benzene rings is 1. The van der Waals surface area contributed by atoms with Gasteiger partial charge < -0.3 is 25.2 Å². The Hall–Kier alpha value is -1.30. The molecule has 1 aliphatic carbocycles. The Morgan fingerprint density at radius 3 is 2.76 bits per heavy atom. The van der Waals surface area contributed by atoms with Crippen molar-refractivity contribution in [3.8, 4) is 11.5 Å². The zero-order valence-corrected chi connectivity index (χ0v) is 13.1. The maximum Gasteiger partial charge on any atom is 0.212 e. The standard InChI is InChI=1S/C16H26N2O3/c1-18(2)11-12-9-13(17)7-8-16(12,19)21-15-6-4-5-14(10-15)20-3/h4-6,10,12-13,19H,7-9,11,17H2,1-3H3. The molecule has 21 heavy (non-hydrogen) atoms. The van der Waals surface area contributed by atoms with Crippen LogP contribution in [0.4, 0.5) is 0 Å². The number of methoxy groups -OCH3 is 1. The fourth-order valence-corrected chi connectivity index (χ4v) is 2.92. The molecule has 3 unspecified atom stereocenters. The molecule has 0 amide bonds. The quantitative estimate of drug-likeness (QED) is 0.805. The normalized spacial score (nSPS) is 29.4. The van der Waals surface area contributed by atoms with E-state index in [-0.39, 0.29) is 12.0 Å². The summed E-state index contributed by atoms with van der Waals surface area (Å²) in [5, 5.41) is 11.0. The summed E-state index contributed by atoms with van der Waals surface area (Å²) in [5.41, 5.74) is 6.06. The molecule has 1 aromatic carbocycles. The van der Waals surface area contributed by atoms with E-state index in [9.17, 15) is 5.11 Å². The highest BCUT2D eigenvalue weighted by molar-refractivity contribution is 5.33. The summed E-state index contributed by atoms with van der Waals surface area (Å²) in [6.45, 7) is 0.744. The summed E-state index contributed by atoms with van der Waals surface area (Å²) < 4.78 is 11.1. The van der Waals surface area contributed by atoms with Crippen LogP contribution in [0.5, 0.6) is 11.5 Å². The molecule has 5 nitrogen and oxygen atoms in total. The van der Waals surface area contributed by atoms with Crippen molar-refractivity contribution in [3.05, 3.63) is 24.3 Å². The molecule has 0 spiro atoms. The van der Waals surface area contributed by atoms with Gasteiger partial charge in [-0.1, -0.05) is 6.07 Å². The Bertz CT molecular complexity index is 465. The molecule has 1 fully saturated rings. The highest BCUT2D eigenvalue weighted by Gasteiger charge is 2.43. The third kappa shape index (κ3) is 4.09. The first-order valence-electron chi connectivity index (χ1n) is 7.38. The van der Waals surface area contributed by atoms with Gasteiger partial charge in [0.15, 0.2) is 0 Å². The molecular weight excluding hydrogens is 268 g/mol. The number of hydrogen-bond acceptors (Lipinski definition) is 5. The van der Waals surface area contributed by atoms with Crippen molar-refractivity contribution in [2.75, 3.05) is 27.7 Å². The molecule has 0 bridgehead atoms. The molecule has 0 aliphatic heterocycles. The molecule has 3 atom stereocenters. The van der Waals surface area contributed by atoms with E-state index in [4.69, 9.17) is 15.2 Å². The van der Waals surface area contributed by atoms with Crippen LogP contribution in [0.1, 0.15) is 19.3 Å². The Labute approximate surface area is 126 Å². The second kappa shape index (κ2) is 6.64. The monoisotopic (exact) mass is 294 g/mol. The van der Waals surface area contributed by atoms with E-state index >= 15 is 0 Å². The van der Waals surface area contributed by atoms with Crippen LogP contribution in [0, 0.1) is 5.92 Å². The number of nitrogens with zero attached hydrogens (tertiary/aromatic N) is 1. The zero-order chi connectivity index (χ0) is 15.5. The number of rotatable bonds is 5. The fraction of sp³-hybridized carbons (Fsp3) is 0.625. The summed E-state index contributed by atoms with van der Waals surface area (Å²) in [6.07, 6.45) is 2.08. The average molecular weight is 294 g/mol. The highest BCUT2D eigenvalue weighted by Crippen LogP contribution is 2.36. The molecule has 3 N–H and O–H groups in total. The molecule has 5 heteroatoms. The van der Waals surface area contributed by atoms with Crippen LogP contribution in [-0.2, 0) is 0 Å². The molecule has 0 heterocycles. The minimum Gasteiger partial charge on any atom is -0.497 e. The highest BCUT2D eigenvalue weighted by atomic mass is 16.6. The molecule has 0 aromatic heterocycles. The maximum atomic E-state index is 11.0. The minimum absolute atomic E-state index is 0.0116. The van der Waals surface area contributed by atoms with E-state index in [2.05, 4.69) is 4.90 Å². The van der Waals surface area contributed by atoms with Crippen LogP contribution >= 0.6 is 0 Å². The number of hydrogen-bond donors (Lipinski definition) is 2. The van der Waals surface area contributed by atoms with Crippen molar-refractivity contribution >= 4 is 0 Å². The third-order valence-electron chi connectivity index (χ3n) is 4.02. The molecular formula is C16H26N2O3. The van der Waals surface area contributed by atoms with E-state index in [0.717, 1.165) is 19.4 Å². The lowest BCUT2D eigenvalue weighted by Crippen LogP contribution is -2.53. The lowest BCUT2D eigenvalue weighted by molar-refractivity contribution is -0.201. The summed E-state index contributed by atoms with van der Waals surface area (Å²) >= 11 is 0. The average Bonchev–Trinajstić information content (AvgIpc) is 2.43. The van der Waals surface area contributed by atoms with Crippen LogP contribution in [0.2, 0.25) is 0 Å². The van der Waals surface area contributed by atoms with Crippen molar-refractivity contribution in [1.82, 2.24) is 4.90 Å². The van der Waals surface area contributed by atoms with Gasteiger partial charge in [0.25, 0.3) is 0 Å². The Morgan fingerprint density at radius 2 is 2.10 bits per heavy atom. The van der Waals surface area contributed by atoms with E-state index in [0.29, 0.717) is 17.9 Å². The molecule has 0 radical (unpaired) electrons. The van der Waals surface area contributed by atoms with Gasteiger partial charge in [-0.2, -0.15) is 0 Å². The summed E-state index contributed by atoms with van der Waals surface area (Å²) in [4.78, 5) is 2.06. The molecule has 1 saturated carbocycles. The molecule has 0 saturated heterocycles. The van der Waals surface area contributed by atoms with Crippen LogP contribution in [0.15, 0.2) is 24.3 Å². The van der Waals surface area contributed by atoms with Gasteiger partial charge in [0.2, 0.25) is 5.79 Å². The van der Waals surface area contributed by atoms with Gasteiger partial charge in [-0.3, -0.25) is 0 Å². The minimum atomic E-state index is -1.17. The SMILES string of the molecule is COc1cccc(OC2(O)CCC(N)CC2CN(C)C)c1. The number of nitrogens with two attached hydrogens (primary N) is 1. The van der Waals surface area contributed by atoms with Crippen LogP contribution in [0.25, 0.3) is 0 Å². The van der Waals surface area contributed by atoms with Crippen molar-refractivity contribution in [1.29, 1.82) is 0 Å². The summed E-state index contributed by atoms with van der Waals surface area (Å²) in [7, 11) is 5.60. The third-order valence-corrected chi connectivity index (χ3v) is 4.02. The summed E-state index contributed by atoms with van der Waals surface area (Å²) in [6, 6.07) is 7.46. The first-order valence-corrected chi connectivity index (χ1v) is 7.38. The van der Waals surface area contributed by atoms with Crippen molar-refractivity contribution in [3.63, 3.8) is 0 Å². The van der Waals surface area contributed by atoms with Gasteiger partial charge in [0.05, 0.1) is 7.11 Å². The van der Waals surface area contributed by atoms with Crippen LogP contribution < -0.4 is 15.2 Å². The first-order chi connectivity index (χ1) is 9.93. The van der Waals surface area contributed by atoms with Crippen LogP contribution in [0.3, 0.4) is 0 Å². The van der Waals surface area contributed by atoms with E-state index in [1.165, 1.54) is 0 Å². The maximum absolute atomic E-state index is 11.0. The van der Waals surface area contributed by atoms with Gasteiger partial charge in [-0.25, -0.2) is 0 Å². The largest absolute Gasteiger partial charge is 0.497 e. The summed E-state index contributed by atoms with van der Waals surface area (Å²) in [5.74, 6) is 0.151. The van der Waals surface area contributed by atoms with E-state index in [1.54, 1.807) is 13.2 Å². The van der Waals surface area contributed by atoms with Gasteiger partial charge in [0.1, 0.15) is 11.5 Å². The fourth-order valence-electron chi connectivity index (χ4n) is 2.92.